The lowest BCUT2D eigenvalue weighted by atomic mass is 10.2. The van der Waals surface area contributed by atoms with Gasteiger partial charge in [-0.2, -0.15) is 0 Å². The summed E-state index contributed by atoms with van der Waals surface area (Å²) in [4.78, 5) is 11.3. The van der Waals surface area contributed by atoms with Gasteiger partial charge in [-0.25, -0.2) is 13.1 Å². The van der Waals surface area contributed by atoms with E-state index >= 15 is 0 Å². The van der Waals surface area contributed by atoms with Crippen LogP contribution in [0.1, 0.15) is 11.1 Å². The Balaban J connectivity index is 1.96. The average molecular weight is 344 g/mol. The Morgan fingerprint density at radius 2 is 1.71 bits per heavy atom. The van der Waals surface area contributed by atoms with Crippen molar-refractivity contribution < 1.29 is 13.2 Å². The Morgan fingerprint density at radius 3 is 2.33 bits per heavy atom. The minimum atomic E-state index is -3.54. The predicted octanol–water partition coefficient (Wildman–Crippen LogP) is 1.97. The molecule has 5 nitrogen and oxygen atoms in total. The largest absolute Gasteiger partial charge is 0.356 e. The highest BCUT2D eigenvalue weighted by Gasteiger charge is 2.12. The average Bonchev–Trinajstić information content (AvgIpc) is 2.60. The molecule has 0 fully saturated rings. The molecule has 0 aromatic heterocycles. The molecule has 0 aliphatic carbocycles. The van der Waals surface area contributed by atoms with Gasteiger partial charge in [0.05, 0.1) is 4.90 Å². The number of benzene rings is 2. The maximum absolute atomic E-state index is 12.3. The first-order valence-corrected chi connectivity index (χ1v) is 9.03. The summed E-state index contributed by atoms with van der Waals surface area (Å²) in [7, 11) is -1.99. The normalized spacial score (nSPS) is 11.5. The Kier molecular flexibility index (Phi) is 6.28. The Hall–Kier alpha value is -2.44. The van der Waals surface area contributed by atoms with E-state index in [0.29, 0.717) is 13.0 Å². The van der Waals surface area contributed by atoms with Gasteiger partial charge in [0.2, 0.25) is 15.9 Å². The molecular weight excluding hydrogens is 324 g/mol. The number of rotatable bonds is 7. The summed E-state index contributed by atoms with van der Waals surface area (Å²) in [5, 5.41) is 2.48. The van der Waals surface area contributed by atoms with Crippen LogP contribution in [0.2, 0.25) is 0 Å². The van der Waals surface area contributed by atoms with Crippen LogP contribution in [0.3, 0.4) is 0 Å². The van der Waals surface area contributed by atoms with E-state index in [4.69, 9.17) is 0 Å². The van der Waals surface area contributed by atoms with Crippen molar-refractivity contribution in [1.29, 1.82) is 0 Å². The molecular formula is C18H20N2O3S. The first-order valence-electron chi connectivity index (χ1n) is 7.55. The SMILES string of the molecule is CNC(=O)/C=C/c1ccc(S(=O)(=O)NCCc2ccccc2)cc1. The minimum absolute atomic E-state index is 0.202. The van der Waals surface area contributed by atoms with Crippen molar-refractivity contribution in [3.8, 4) is 0 Å². The Labute approximate surface area is 142 Å². The zero-order chi connectivity index (χ0) is 17.4. The number of carbonyl (C=O) groups excluding carboxylic acids is 1. The first kappa shape index (κ1) is 17.9. The molecule has 2 aromatic rings. The van der Waals surface area contributed by atoms with Crippen molar-refractivity contribution in [3.05, 3.63) is 71.8 Å². The molecule has 2 aromatic carbocycles. The highest BCUT2D eigenvalue weighted by molar-refractivity contribution is 7.89. The smallest absolute Gasteiger partial charge is 0.243 e. The zero-order valence-corrected chi connectivity index (χ0v) is 14.2. The van der Waals surface area contributed by atoms with E-state index in [2.05, 4.69) is 10.0 Å². The van der Waals surface area contributed by atoms with E-state index in [0.717, 1.165) is 11.1 Å². The molecule has 2 N–H and O–H groups in total. The molecule has 126 valence electrons. The fraction of sp³-hybridized carbons (Fsp3) is 0.167. The van der Waals surface area contributed by atoms with Crippen molar-refractivity contribution >= 4 is 22.0 Å². The summed E-state index contributed by atoms with van der Waals surface area (Å²) in [6.45, 7) is 0.338. The molecule has 0 aliphatic rings. The van der Waals surface area contributed by atoms with Crippen molar-refractivity contribution in [1.82, 2.24) is 10.0 Å². The van der Waals surface area contributed by atoms with Gasteiger partial charge in [-0.1, -0.05) is 42.5 Å². The van der Waals surface area contributed by atoms with Gasteiger partial charge < -0.3 is 5.32 Å². The second-order valence-corrected chi connectivity index (χ2v) is 6.92. The van der Waals surface area contributed by atoms with Crippen LogP contribution in [0.5, 0.6) is 0 Å². The number of sulfonamides is 1. The number of hydrogen-bond donors (Lipinski definition) is 2. The minimum Gasteiger partial charge on any atom is -0.356 e. The highest BCUT2D eigenvalue weighted by Crippen LogP contribution is 2.12. The summed E-state index contributed by atoms with van der Waals surface area (Å²) in [6.07, 6.45) is 3.65. The monoisotopic (exact) mass is 344 g/mol. The number of likely N-dealkylation sites (N-methyl/N-ethyl adjacent to an activating group) is 1. The molecule has 0 unspecified atom stereocenters. The van der Waals surface area contributed by atoms with Crippen molar-refractivity contribution in [3.63, 3.8) is 0 Å². The lowest BCUT2D eigenvalue weighted by Gasteiger charge is -2.07. The van der Waals surface area contributed by atoms with Crippen LogP contribution in [-0.4, -0.2) is 27.9 Å². The van der Waals surface area contributed by atoms with E-state index in [1.807, 2.05) is 30.3 Å². The maximum atomic E-state index is 12.3. The number of nitrogens with one attached hydrogen (secondary N) is 2. The summed E-state index contributed by atoms with van der Waals surface area (Å²) in [5.41, 5.74) is 1.83. The van der Waals surface area contributed by atoms with Gasteiger partial charge in [-0.05, 0) is 35.8 Å². The van der Waals surface area contributed by atoms with Gasteiger partial charge in [-0.3, -0.25) is 4.79 Å². The van der Waals surface area contributed by atoms with Crippen LogP contribution in [0, 0.1) is 0 Å². The van der Waals surface area contributed by atoms with Gasteiger partial charge >= 0.3 is 0 Å². The van der Waals surface area contributed by atoms with E-state index in [1.165, 1.54) is 18.2 Å². The summed E-state index contributed by atoms with van der Waals surface area (Å²) in [5.74, 6) is -0.214. The molecule has 24 heavy (non-hydrogen) atoms. The molecule has 1 amide bonds. The maximum Gasteiger partial charge on any atom is 0.243 e. The molecule has 0 saturated carbocycles. The van der Waals surface area contributed by atoms with Crippen LogP contribution in [0.25, 0.3) is 6.08 Å². The summed E-state index contributed by atoms with van der Waals surface area (Å²) < 4.78 is 27.1. The van der Waals surface area contributed by atoms with Crippen molar-refractivity contribution in [2.75, 3.05) is 13.6 Å². The number of hydrogen-bond acceptors (Lipinski definition) is 3. The molecule has 0 atom stereocenters. The summed E-state index contributed by atoms with van der Waals surface area (Å²) >= 11 is 0. The van der Waals surface area contributed by atoms with E-state index in [9.17, 15) is 13.2 Å². The number of carbonyl (C=O) groups is 1. The molecule has 2 rings (SSSR count). The molecule has 0 saturated heterocycles. The fourth-order valence-corrected chi connectivity index (χ4v) is 3.10. The van der Waals surface area contributed by atoms with Crippen molar-refractivity contribution in [2.45, 2.75) is 11.3 Å². The van der Waals surface area contributed by atoms with Crippen LogP contribution in [0.15, 0.2) is 65.6 Å². The first-order chi connectivity index (χ1) is 11.5. The van der Waals surface area contributed by atoms with Crippen LogP contribution in [0.4, 0.5) is 0 Å². The van der Waals surface area contributed by atoms with Crippen molar-refractivity contribution in [2.24, 2.45) is 0 Å². The Bertz CT molecular complexity index is 798. The highest BCUT2D eigenvalue weighted by atomic mass is 32.2. The van der Waals surface area contributed by atoms with Gasteiger partial charge in [0, 0.05) is 19.7 Å². The standard InChI is InChI=1S/C18H20N2O3S/c1-19-18(21)12-9-16-7-10-17(11-8-16)24(22,23)20-14-13-15-5-3-2-4-6-15/h2-12,20H,13-14H2,1H3,(H,19,21)/b12-9+. The molecule has 0 heterocycles. The second-order valence-electron chi connectivity index (χ2n) is 5.15. The number of amides is 1. The Morgan fingerprint density at radius 1 is 1.04 bits per heavy atom. The van der Waals surface area contributed by atoms with E-state index in [-0.39, 0.29) is 10.8 Å². The van der Waals surface area contributed by atoms with E-state index < -0.39 is 10.0 Å². The van der Waals surface area contributed by atoms with Crippen LogP contribution < -0.4 is 10.0 Å². The zero-order valence-electron chi connectivity index (χ0n) is 13.4. The van der Waals surface area contributed by atoms with Gasteiger partial charge in [0.15, 0.2) is 0 Å². The molecule has 6 heteroatoms. The molecule has 0 spiro atoms. The predicted molar refractivity (Wildman–Crippen MR) is 94.9 cm³/mol. The van der Waals surface area contributed by atoms with Gasteiger partial charge in [0.1, 0.15) is 0 Å². The summed E-state index contributed by atoms with van der Waals surface area (Å²) in [6, 6.07) is 16.1. The third kappa shape index (κ3) is 5.33. The second kappa shape index (κ2) is 8.42. The van der Waals surface area contributed by atoms with Crippen LogP contribution >= 0.6 is 0 Å². The van der Waals surface area contributed by atoms with Crippen LogP contribution in [-0.2, 0) is 21.2 Å². The quantitative estimate of drug-likeness (QED) is 0.754. The lowest BCUT2D eigenvalue weighted by molar-refractivity contribution is -0.115. The third-order valence-corrected chi connectivity index (χ3v) is 4.89. The van der Waals surface area contributed by atoms with E-state index in [1.54, 1.807) is 25.3 Å². The third-order valence-electron chi connectivity index (χ3n) is 3.41. The fourth-order valence-electron chi connectivity index (χ4n) is 2.07. The molecule has 0 radical (unpaired) electrons. The van der Waals surface area contributed by atoms with Gasteiger partial charge in [-0.15, -0.1) is 0 Å². The van der Waals surface area contributed by atoms with Gasteiger partial charge in [0.25, 0.3) is 0 Å². The topological polar surface area (TPSA) is 75.3 Å². The lowest BCUT2D eigenvalue weighted by Crippen LogP contribution is -2.25. The molecule has 0 bridgehead atoms. The molecule has 0 aliphatic heterocycles.